The lowest BCUT2D eigenvalue weighted by atomic mass is 10.1. The van der Waals surface area contributed by atoms with E-state index in [0.29, 0.717) is 17.8 Å². The fourth-order valence-electron chi connectivity index (χ4n) is 3.73. The molecule has 0 radical (unpaired) electrons. The van der Waals surface area contributed by atoms with Gasteiger partial charge in [-0.1, -0.05) is 39.0 Å². The van der Waals surface area contributed by atoms with E-state index in [-0.39, 0.29) is 42.1 Å². The third-order valence-corrected chi connectivity index (χ3v) is 5.55. The number of aliphatic imine (C=N–C) groups is 1. The summed E-state index contributed by atoms with van der Waals surface area (Å²) in [5.74, 6) is -0.368. The van der Waals surface area contributed by atoms with Gasteiger partial charge >= 0.3 is 6.18 Å². The summed E-state index contributed by atoms with van der Waals surface area (Å²) < 4.78 is 61.0. The first-order valence-electron chi connectivity index (χ1n) is 11.7. The minimum absolute atomic E-state index is 0.0123. The zero-order chi connectivity index (χ0) is 25.3. The molecule has 0 spiro atoms. The molecule has 2 heterocycles. The number of alkyl halides is 3. The summed E-state index contributed by atoms with van der Waals surface area (Å²) in [6.07, 6.45) is 4.44. The largest absolute Gasteiger partial charge is 0.493 e. The number of anilines is 1. The van der Waals surface area contributed by atoms with Crippen LogP contribution in [-0.2, 0) is 6.18 Å². The van der Waals surface area contributed by atoms with E-state index in [0.717, 1.165) is 38.2 Å². The first kappa shape index (κ1) is 26.2. The smallest absolute Gasteiger partial charge is 0.420 e. The summed E-state index contributed by atoms with van der Waals surface area (Å²) >= 11 is 0. The highest BCUT2D eigenvalue weighted by atomic mass is 19.4. The van der Waals surface area contributed by atoms with Gasteiger partial charge in [-0.2, -0.15) is 18.4 Å². The number of halogens is 4. The highest BCUT2D eigenvalue weighted by Gasteiger charge is 2.35. The number of unbranched alkanes of at least 4 members (excludes halogenated alkanes) is 5. The molecular formula is C26H28F4N4O. The van der Waals surface area contributed by atoms with Crippen LogP contribution in [-0.4, -0.2) is 17.4 Å². The Morgan fingerprint density at radius 2 is 1.83 bits per heavy atom. The number of hydrogen-bond acceptors (Lipinski definition) is 5. The molecule has 0 amide bonds. The second kappa shape index (κ2) is 12.3. The van der Waals surface area contributed by atoms with Gasteiger partial charge in [-0.05, 0) is 30.7 Å². The molecule has 3 rings (SSSR count). The zero-order valence-electron chi connectivity index (χ0n) is 19.6. The summed E-state index contributed by atoms with van der Waals surface area (Å²) in [7, 11) is 0. The molecule has 1 aliphatic heterocycles. The van der Waals surface area contributed by atoms with E-state index in [2.05, 4.69) is 22.2 Å². The van der Waals surface area contributed by atoms with E-state index in [1.54, 1.807) is 0 Å². The van der Waals surface area contributed by atoms with Gasteiger partial charge in [0.05, 0.1) is 17.7 Å². The van der Waals surface area contributed by atoms with Crippen LogP contribution in [0.5, 0.6) is 5.75 Å². The van der Waals surface area contributed by atoms with Crippen LogP contribution in [0.2, 0.25) is 0 Å². The van der Waals surface area contributed by atoms with Gasteiger partial charge < -0.3 is 10.1 Å². The third-order valence-electron chi connectivity index (χ3n) is 5.55. The number of ether oxygens (including phenoxy) is 1. The molecule has 2 aromatic rings. The van der Waals surface area contributed by atoms with Crippen LogP contribution in [0.4, 0.5) is 23.2 Å². The Hall–Kier alpha value is -3.41. The summed E-state index contributed by atoms with van der Waals surface area (Å²) in [4.78, 5) is 8.18. The van der Waals surface area contributed by atoms with E-state index in [1.807, 2.05) is 6.07 Å². The fourth-order valence-corrected chi connectivity index (χ4v) is 3.73. The average Bonchev–Trinajstić information content (AvgIpc) is 2.84. The van der Waals surface area contributed by atoms with Crippen molar-refractivity contribution in [3.63, 3.8) is 0 Å². The molecule has 1 aromatic carbocycles. The second-order valence-electron chi connectivity index (χ2n) is 8.34. The summed E-state index contributed by atoms with van der Waals surface area (Å²) in [5, 5.41) is 11.9. The van der Waals surface area contributed by atoms with Crippen molar-refractivity contribution in [1.82, 2.24) is 4.98 Å². The number of nitriles is 1. The quantitative estimate of drug-likeness (QED) is 0.275. The van der Waals surface area contributed by atoms with E-state index in [4.69, 9.17) is 10.00 Å². The van der Waals surface area contributed by atoms with Crippen molar-refractivity contribution in [2.45, 2.75) is 64.5 Å². The van der Waals surface area contributed by atoms with Crippen molar-refractivity contribution in [2.24, 2.45) is 4.99 Å². The van der Waals surface area contributed by atoms with Crippen LogP contribution < -0.4 is 10.1 Å². The van der Waals surface area contributed by atoms with Gasteiger partial charge in [0, 0.05) is 36.5 Å². The third kappa shape index (κ3) is 7.54. The number of nitrogens with zero attached hydrogens (tertiary/aromatic N) is 3. The van der Waals surface area contributed by atoms with Gasteiger partial charge in [0.2, 0.25) is 0 Å². The number of benzene rings is 1. The Morgan fingerprint density at radius 1 is 1.06 bits per heavy atom. The minimum Gasteiger partial charge on any atom is -0.493 e. The molecule has 9 heteroatoms. The molecule has 0 atom stereocenters. The van der Waals surface area contributed by atoms with Crippen molar-refractivity contribution in [2.75, 3.05) is 11.9 Å². The van der Waals surface area contributed by atoms with Crippen molar-refractivity contribution in [3.8, 4) is 11.8 Å². The number of allylic oxidation sites excluding steroid dienone is 1. The van der Waals surface area contributed by atoms with Crippen LogP contribution in [0.3, 0.4) is 0 Å². The van der Waals surface area contributed by atoms with Crippen LogP contribution in [0.1, 0.15) is 75.0 Å². The van der Waals surface area contributed by atoms with E-state index in [1.165, 1.54) is 30.6 Å². The lowest BCUT2D eigenvalue weighted by Crippen LogP contribution is -2.17. The number of aromatic nitrogens is 1. The fraction of sp³-hybridized carbons (Fsp3) is 0.423. The molecule has 186 valence electrons. The number of pyridine rings is 1. The first-order valence-corrected chi connectivity index (χ1v) is 11.7. The standard InChI is InChI=1S/C26H28F4N4O/c1-2-3-4-5-6-7-12-35-23-10-8-20(14-21(23)26(28,29)30)33-24-11-9-22(27)25(34-24)19-13-18(15-31)16-32-17-19/h8,10,13-14,16-17H,2-7,9,11-12H2,1H3,(H,33,34). The van der Waals surface area contributed by atoms with Gasteiger partial charge in [-0.15, -0.1) is 0 Å². The van der Waals surface area contributed by atoms with Crippen LogP contribution in [0.25, 0.3) is 5.70 Å². The Bertz CT molecular complexity index is 1120. The lowest BCUT2D eigenvalue weighted by Gasteiger charge is -2.19. The van der Waals surface area contributed by atoms with Gasteiger partial charge in [0.1, 0.15) is 29.2 Å². The Balaban J connectivity index is 1.72. The van der Waals surface area contributed by atoms with Crippen molar-refractivity contribution >= 4 is 17.2 Å². The molecule has 0 bridgehead atoms. The van der Waals surface area contributed by atoms with Gasteiger partial charge in [-0.3, -0.25) is 4.98 Å². The van der Waals surface area contributed by atoms with Crippen LogP contribution in [0.15, 0.2) is 47.5 Å². The van der Waals surface area contributed by atoms with Gasteiger partial charge in [0.25, 0.3) is 0 Å². The average molecular weight is 489 g/mol. The number of hydrogen-bond donors (Lipinski definition) is 1. The Kier molecular flexibility index (Phi) is 9.24. The normalized spacial score (nSPS) is 13.9. The van der Waals surface area contributed by atoms with Gasteiger partial charge in [0.15, 0.2) is 0 Å². The van der Waals surface area contributed by atoms with Crippen molar-refractivity contribution < 1.29 is 22.3 Å². The SMILES string of the molecule is CCCCCCCCOc1ccc(NC2=NC(c3cncc(C#N)c3)=C(F)CC2)cc1C(F)(F)F. The summed E-state index contributed by atoms with van der Waals surface area (Å²) in [6, 6.07) is 7.16. The summed E-state index contributed by atoms with van der Waals surface area (Å²) in [6.45, 7) is 2.35. The predicted octanol–water partition coefficient (Wildman–Crippen LogP) is 7.65. The Labute approximate surface area is 202 Å². The molecule has 0 saturated heterocycles. The molecule has 5 nitrogen and oxygen atoms in total. The molecule has 0 fully saturated rings. The summed E-state index contributed by atoms with van der Waals surface area (Å²) in [5.41, 5.74) is -0.107. The van der Waals surface area contributed by atoms with Crippen LogP contribution in [0, 0.1) is 11.3 Å². The van der Waals surface area contributed by atoms with Crippen LogP contribution >= 0.6 is 0 Å². The first-order chi connectivity index (χ1) is 16.8. The van der Waals surface area contributed by atoms with Crippen molar-refractivity contribution in [1.29, 1.82) is 5.26 Å². The number of amidine groups is 1. The van der Waals surface area contributed by atoms with E-state index >= 15 is 0 Å². The van der Waals surface area contributed by atoms with E-state index in [9.17, 15) is 17.6 Å². The highest BCUT2D eigenvalue weighted by molar-refractivity contribution is 6.00. The van der Waals surface area contributed by atoms with Gasteiger partial charge in [-0.25, -0.2) is 9.38 Å². The minimum atomic E-state index is -4.59. The number of nitrogens with one attached hydrogen (secondary N) is 1. The lowest BCUT2D eigenvalue weighted by molar-refractivity contribution is -0.138. The number of rotatable bonds is 10. The van der Waals surface area contributed by atoms with Crippen molar-refractivity contribution in [3.05, 3.63) is 59.2 Å². The maximum atomic E-state index is 14.5. The van der Waals surface area contributed by atoms with E-state index < -0.39 is 17.6 Å². The topological polar surface area (TPSA) is 70.3 Å². The molecule has 0 aliphatic carbocycles. The molecule has 35 heavy (non-hydrogen) atoms. The maximum Gasteiger partial charge on any atom is 0.420 e. The Morgan fingerprint density at radius 3 is 2.57 bits per heavy atom. The maximum absolute atomic E-state index is 14.5. The second-order valence-corrected chi connectivity index (χ2v) is 8.34. The molecule has 1 N–H and O–H groups in total. The predicted molar refractivity (Wildman–Crippen MR) is 128 cm³/mol. The molecule has 0 unspecified atom stereocenters. The highest BCUT2D eigenvalue weighted by Crippen LogP contribution is 2.38. The molecule has 1 aromatic heterocycles. The molecular weight excluding hydrogens is 460 g/mol. The molecule has 1 aliphatic rings. The monoisotopic (exact) mass is 488 g/mol. The zero-order valence-corrected chi connectivity index (χ0v) is 19.6. The molecule has 0 saturated carbocycles.